The van der Waals surface area contributed by atoms with Crippen LogP contribution in [0.5, 0.6) is 5.75 Å². The van der Waals surface area contributed by atoms with Gasteiger partial charge in [0.15, 0.2) is 16.6 Å². The molecule has 0 aliphatic heterocycles. The number of thiophene rings is 1. The van der Waals surface area contributed by atoms with Gasteiger partial charge in [0, 0.05) is 9.75 Å². The average Bonchev–Trinajstić information content (AvgIpc) is 3.38. The Kier molecular flexibility index (Phi) is 13.1. The van der Waals surface area contributed by atoms with E-state index in [4.69, 9.17) is 13.6 Å². The number of aliphatic hydroxyl groups is 1. The lowest BCUT2D eigenvalue weighted by atomic mass is 10.0. The van der Waals surface area contributed by atoms with Gasteiger partial charge in [0.05, 0.1) is 13.2 Å². The van der Waals surface area contributed by atoms with Crippen molar-refractivity contribution in [2.45, 2.75) is 129 Å². The molecule has 13 heteroatoms. The van der Waals surface area contributed by atoms with Gasteiger partial charge in [-0.15, -0.1) is 11.3 Å². The molecular formula is C34H50F6O4SSi2. The molecule has 266 valence electrons. The van der Waals surface area contributed by atoms with Crippen molar-refractivity contribution in [3.05, 3.63) is 69.4 Å². The summed E-state index contributed by atoms with van der Waals surface area (Å²) in [6.45, 7) is 24.8. The number of ether oxygens (including phenoxy) is 1. The third-order valence-electron chi connectivity index (χ3n) is 9.21. The van der Waals surface area contributed by atoms with E-state index in [1.807, 2.05) is 18.2 Å². The van der Waals surface area contributed by atoms with Gasteiger partial charge in [-0.2, -0.15) is 26.3 Å². The van der Waals surface area contributed by atoms with E-state index in [2.05, 4.69) is 67.7 Å². The first-order valence-corrected chi connectivity index (χ1v) is 22.1. The maximum Gasteiger partial charge on any atom is 0.430 e. The summed E-state index contributed by atoms with van der Waals surface area (Å²) in [5.74, 6) is 0.637. The predicted octanol–water partition coefficient (Wildman–Crippen LogP) is 11.6. The van der Waals surface area contributed by atoms with Gasteiger partial charge in [-0.05, 0) is 89.7 Å². The quantitative estimate of drug-likeness (QED) is 0.127. The molecule has 1 heterocycles. The second-order valence-corrected chi connectivity index (χ2v) is 25.5. The maximum absolute atomic E-state index is 13.0. The summed E-state index contributed by atoms with van der Waals surface area (Å²) in [7, 11) is -4.05. The lowest BCUT2D eigenvalue weighted by molar-refractivity contribution is -0.347. The topological polar surface area (TPSA) is 47.9 Å². The van der Waals surface area contributed by atoms with Crippen LogP contribution in [0.2, 0.25) is 36.3 Å². The zero-order valence-electron chi connectivity index (χ0n) is 29.3. The first-order chi connectivity index (χ1) is 21.1. The Morgan fingerprint density at radius 2 is 1.28 bits per heavy atom. The highest BCUT2D eigenvalue weighted by atomic mass is 32.1. The van der Waals surface area contributed by atoms with Crippen LogP contribution in [-0.2, 0) is 28.7 Å². The third kappa shape index (κ3) is 10.5. The Morgan fingerprint density at radius 1 is 0.766 bits per heavy atom. The van der Waals surface area contributed by atoms with Crippen LogP contribution >= 0.6 is 11.3 Å². The minimum absolute atomic E-state index is 0.0370. The summed E-state index contributed by atoms with van der Waals surface area (Å²) >= 11 is 1.32. The molecule has 2 rings (SSSR count). The lowest BCUT2D eigenvalue weighted by Gasteiger charge is -2.37. The van der Waals surface area contributed by atoms with Crippen LogP contribution in [0, 0.1) is 0 Å². The summed E-state index contributed by atoms with van der Waals surface area (Å²) in [6.07, 6.45) is -10.0. The number of benzene rings is 1. The molecule has 0 aliphatic rings. The van der Waals surface area contributed by atoms with Gasteiger partial charge in [0.1, 0.15) is 12.4 Å². The first-order valence-electron chi connectivity index (χ1n) is 15.5. The van der Waals surface area contributed by atoms with Crippen molar-refractivity contribution in [2.75, 3.05) is 0 Å². The molecule has 0 bridgehead atoms. The highest BCUT2D eigenvalue weighted by molar-refractivity contribution is 7.13. The fourth-order valence-corrected chi connectivity index (χ4v) is 6.64. The molecule has 4 nitrogen and oxygen atoms in total. The van der Waals surface area contributed by atoms with E-state index in [-0.39, 0.29) is 22.8 Å². The lowest BCUT2D eigenvalue weighted by Crippen LogP contribution is -2.55. The molecular weight excluding hydrogens is 675 g/mol. The number of allylic oxidation sites excluding steroid dienone is 3. The van der Waals surface area contributed by atoms with Crippen molar-refractivity contribution in [1.82, 2.24) is 0 Å². The molecule has 1 N–H and O–H groups in total. The zero-order valence-corrected chi connectivity index (χ0v) is 32.1. The second-order valence-electron chi connectivity index (χ2n) is 14.7. The highest BCUT2D eigenvalue weighted by Crippen LogP contribution is 2.44. The largest absolute Gasteiger partial charge is 0.488 e. The molecule has 0 amide bonds. The Morgan fingerprint density at radius 3 is 1.74 bits per heavy atom. The smallest absolute Gasteiger partial charge is 0.430 e. The van der Waals surface area contributed by atoms with Gasteiger partial charge in [-0.3, -0.25) is 0 Å². The number of alkyl halides is 6. The van der Waals surface area contributed by atoms with E-state index < -0.39 is 34.6 Å². The van der Waals surface area contributed by atoms with Gasteiger partial charge in [-0.1, -0.05) is 66.7 Å². The van der Waals surface area contributed by atoms with Crippen molar-refractivity contribution < 1.29 is 45.0 Å². The fraction of sp³-hybridized carbons (Fsp3) is 0.588. The summed E-state index contributed by atoms with van der Waals surface area (Å²) in [5.41, 5.74) is -2.41. The van der Waals surface area contributed by atoms with Crippen molar-refractivity contribution in [2.24, 2.45) is 0 Å². The van der Waals surface area contributed by atoms with Crippen LogP contribution in [0.25, 0.3) is 5.57 Å². The SMILES string of the molecule is CC/C(=C\C=C\C(O)(C(F)(F)F)C(F)(F)F)c1ccc(COc2ccc(CO[Si](C)(C)C(C)(C)C)c(CO[Si](C)(C)C(C)(C)C)c2)s1. The highest BCUT2D eigenvalue weighted by Gasteiger charge is 2.68. The molecule has 0 atom stereocenters. The third-order valence-corrected chi connectivity index (χ3v) is 19.3. The van der Waals surface area contributed by atoms with Gasteiger partial charge in [0.2, 0.25) is 0 Å². The summed E-state index contributed by atoms with van der Waals surface area (Å²) in [4.78, 5) is 1.48. The van der Waals surface area contributed by atoms with Gasteiger partial charge < -0.3 is 18.7 Å². The number of rotatable bonds is 13. The van der Waals surface area contributed by atoms with E-state index in [9.17, 15) is 31.4 Å². The van der Waals surface area contributed by atoms with Crippen LogP contribution in [0.3, 0.4) is 0 Å². The van der Waals surface area contributed by atoms with E-state index in [1.165, 1.54) is 11.3 Å². The summed E-state index contributed by atoms with van der Waals surface area (Å²) < 4.78 is 97.3. The summed E-state index contributed by atoms with van der Waals surface area (Å²) in [6, 6.07) is 9.40. The normalized spacial score (nSPS) is 14.7. The molecule has 0 saturated heterocycles. The van der Waals surface area contributed by atoms with Crippen LogP contribution in [0.1, 0.15) is 75.8 Å². The van der Waals surface area contributed by atoms with Crippen molar-refractivity contribution in [1.29, 1.82) is 0 Å². The van der Waals surface area contributed by atoms with Gasteiger partial charge >= 0.3 is 12.4 Å². The molecule has 1 aromatic heterocycles. The van der Waals surface area contributed by atoms with Crippen molar-refractivity contribution in [3.8, 4) is 5.75 Å². The van der Waals surface area contributed by atoms with Crippen molar-refractivity contribution in [3.63, 3.8) is 0 Å². The molecule has 1 aromatic carbocycles. The second kappa shape index (κ2) is 14.9. The van der Waals surface area contributed by atoms with Gasteiger partial charge in [0.25, 0.3) is 5.60 Å². The average molecular weight is 725 g/mol. The number of halogens is 6. The van der Waals surface area contributed by atoms with E-state index in [0.717, 1.165) is 22.1 Å². The maximum atomic E-state index is 13.0. The van der Waals surface area contributed by atoms with Crippen LogP contribution in [0.4, 0.5) is 26.3 Å². The Balaban J connectivity index is 2.28. The molecule has 2 aromatic rings. The standard InChI is InChI=1S/C34H50F6O4SSi2/c1-12-24(14-13-19-32(41,33(35,36)37)34(38,39)40)29-18-17-28(45-29)23-42-27-16-15-25(21-43-46(8,9)30(2,3)4)26(20-27)22-44-47(10,11)31(5,6)7/h13-20,41H,12,21-23H2,1-11H3/b19-13+,24-14+. The zero-order chi connectivity index (χ0) is 36.3. The molecule has 0 saturated carbocycles. The first kappa shape index (κ1) is 41.3. The van der Waals surface area contributed by atoms with E-state index >= 15 is 0 Å². The summed E-state index contributed by atoms with van der Waals surface area (Å²) in [5, 5.41) is 9.47. The Bertz CT molecular complexity index is 1380. The van der Waals surface area contributed by atoms with E-state index in [1.54, 1.807) is 19.1 Å². The predicted molar refractivity (Wildman–Crippen MR) is 184 cm³/mol. The van der Waals surface area contributed by atoms with Crippen LogP contribution in [0.15, 0.2) is 48.6 Å². The number of hydrogen-bond acceptors (Lipinski definition) is 5. The van der Waals surface area contributed by atoms with Gasteiger partial charge in [-0.25, -0.2) is 0 Å². The van der Waals surface area contributed by atoms with Crippen LogP contribution < -0.4 is 4.74 Å². The molecule has 0 radical (unpaired) electrons. The molecule has 0 fully saturated rings. The molecule has 0 aliphatic carbocycles. The van der Waals surface area contributed by atoms with E-state index in [0.29, 0.717) is 41.9 Å². The minimum Gasteiger partial charge on any atom is -0.488 e. The van der Waals surface area contributed by atoms with Crippen LogP contribution in [-0.4, -0.2) is 39.7 Å². The van der Waals surface area contributed by atoms with Crippen molar-refractivity contribution >= 4 is 33.5 Å². The molecule has 0 spiro atoms. The minimum atomic E-state index is -5.91. The Hall–Kier alpha value is -1.91. The molecule has 47 heavy (non-hydrogen) atoms. The molecule has 0 unspecified atom stereocenters. The fourth-order valence-electron chi connectivity index (χ4n) is 3.73. The Labute approximate surface area is 282 Å². The number of hydrogen-bond donors (Lipinski definition) is 1. The monoisotopic (exact) mass is 724 g/mol.